The molecular formula is C18H15NO2. The molecular weight excluding hydrogens is 262 g/mol. The molecule has 1 aliphatic carbocycles. The first kappa shape index (κ1) is 12.2. The van der Waals surface area contributed by atoms with Crippen LogP contribution in [0, 0.1) is 6.92 Å². The van der Waals surface area contributed by atoms with Crippen LogP contribution < -0.4 is 5.32 Å². The molecule has 0 fully saturated rings. The minimum atomic E-state index is -0.198. The van der Waals surface area contributed by atoms with Gasteiger partial charge in [-0.2, -0.15) is 0 Å². The molecule has 21 heavy (non-hydrogen) atoms. The van der Waals surface area contributed by atoms with Gasteiger partial charge >= 0.3 is 0 Å². The smallest absolute Gasteiger partial charge is 0.291 e. The molecule has 0 spiro atoms. The highest BCUT2D eigenvalue weighted by Gasteiger charge is 2.18. The second-order valence-corrected chi connectivity index (χ2v) is 5.50. The zero-order valence-electron chi connectivity index (χ0n) is 11.8. The molecule has 0 bridgehead atoms. The van der Waals surface area contributed by atoms with Crippen molar-refractivity contribution in [2.45, 2.75) is 19.8 Å². The third kappa shape index (κ3) is 1.85. The average Bonchev–Trinajstić information content (AvgIpc) is 3.09. The van der Waals surface area contributed by atoms with Crippen LogP contribution in [0.5, 0.6) is 0 Å². The maximum atomic E-state index is 12.3. The monoisotopic (exact) mass is 277 g/mol. The Morgan fingerprint density at radius 1 is 1.10 bits per heavy atom. The number of hydrogen-bond acceptors (Lipinski definition) is 2. The van der Waals surface area contributed by atoms with Gasteiger partial charge in [-0.05, 0) is 48.4 Å². The van der Waals surface area contributed by atoms with Crippen LogP contribution in [0.4, 0.5) is 5.69 Å². The van der Waals surface area contributed by atoms with E-state index in [4.69, 9.17) is 4.42 Å². The van der Waals surface area contributed by atoms with Gasteiger partial charge in [-0.15, -0.1) is 0 Å². The Labute approximate surface area is 122 Å². The number of amides is 1. The van der Waals surface area contributed by atoms with Gasteiger partial charge in [0.25, 0.3) is 5.91 Å². The molecule has 1 heterocycles. The summed E-state index contributed by atoms with van der Waals surface area (Å²) >= 11 is 0. The number of carbonyl (C=O) groups excluding carboxylic acids is 1. The van der Waals surface area contributed by atoms with Crippen LogP contribution in [-0.4, -0.2) is 5.91 Å². The first-order chi connectivity index (χ1) is 10.2. The fourth-order valence-corrected chi connectivity index (χ4v) is 3.14. The number of furan rings is 1. The van der Waals surface area contributed by atoms with Crippen LogP contribution >= 0.6 is 0 Å². The van der Waals surface area contributed by atoms with Gasteiger partial charge in [0.1, 0.15) is 0 Å². The molecule has 0 saturated carbocycles. The maximum absolute atomic E-state index is 12.3. The molecule has 104 valence electrons. The summed E-state index contributed by atoms with van der Waals surface area (Å²) in [6.07, 6.45) is 3.71. The molecule has 3 aromatic rings. The largest absolute Gasteiger partial charge is 0.459 e. The molecule has 3 nitrogen and oxygen atoms in total. The van der Waals surface area contributed by atoms with Crippen molar-refractivity contribution in [3.05, 3.63) is 65.1 Å². The molecule has 2 aromatic carbocycles. The van der Waals surface area contributed by atoms with Gasteiger partial charge in [-0.1, -0.05) is 24.3 Å². The standard InChI is InChI=1S/C18H15NO2/c1-11-9-10-21-17(11)18(20)19-15-8-7-13-6-5-12-3-2-4-14(15)16(12)13/h2-4,7-10H,5-6H2,1H3,(H,19,20). The van der Waals surface area contributed by atoms with E-state index in [1.807, 2.05) is 13.0 Å². The van der Waals surface area contributed by atoms with Crippen molar-refractivity contribution < 1.29 is 9.21 Å². The van der Waals surface area contributed by atoms with E-state index in [-0.39, 0.29) is 5.91 Å². The van der Waals surface area contributed by atoms with Crippen LogP contribution in [0.1, 0.15) is 27.2 Å². The predicted molar refractivity (Wildman–Crippen MR) is 82.8 cm³/mol. The van der Waals surface area contributed by atoms with E-state index in [1.54, 1.807) is 6.07 Å². The Hall–Kier alpha value is -2.55. The lowest BCUT2D eigenvalue weighted by Crippen LogP contribution is -2.12. The summed E-state index contributed by atoms with van der Waals surface area (Å²) in [5.74, 6) is 0.175. The summed E-state index contributed by atoms with van der Waals surface area (Å²) < 4.78 is 5.26. The molecule has 0 atom stereocenters. The number of anilines is 1. The SMILES string of the molecule is Cc1ccoc1C(=O)Nc1ccc2c3c(cccc13)CC2. The van der Waals surface area contributed by atoms with E-state index in [1.165, 1.54) is 22.8 Å². The molecule has 1 amide bonds. The molecule has 3 heteroatoms. The van der Waals surface area contributed by atoms with E-state index in [2.05, 4.69) is 29.6 Å². The van der Waals surface area contributed by atoms with Gasteiger partial charge in [0.05, 0.1) is 6.26 Å². The first-order valence-electron chi connectivity index (χ1n) is 7.13. The highest BCUT2D eigenvalue weighted by Crippen LogP contribution is 2.35. The van der Waals surface area contributed by atoms with Crippen molar-refractivity contribution in [2.24, 2.45) is 0 Å². The molecule has 0 saturated heterocycles. The highest BCUT2D eigenvalue weighted by molar-refractivity contribution is 6.09. The van der Waals surface area contributed by atoms with Crippen LogP contribution in [0.2, 0.25) is 0 Å². The summed E-state index contributed by atoms with van der Waals surface area (Å²) in [4.78, 5) is 12.3. The van der Waals surface area contributed by atoms with Crippen LogP contribution in [-0.2, 0) is 12.8 Å². The molecule has 4 rings (SSSR count). The van der Waals surface area contributed by atoms with Crippen molar-refractivity contribution in [3.8, 4) is 0 Å². The molecule has 1 aliphatic rings. The van der Waals surface area contributed by atoms with Gasteiger partial charge in [-0.25, -0.2) is 0 Å². The third-order valence-corrected chi connectivity index (χ3v) is 4.19. The Morgan fingerprint density at radius 2 is 1.90 bits per heavy atom. The lowest BCUT2D eigenvalue weighted by atomic mass is 10.0. The number of hydrogen-bond donors (Lipinski definition) is 1. The van der Waals surface area contributed by atoms with Crippen molar-refractivity contribution >= 4 is 22.4 Å². The average molecular weight is 277 g/mol. The number of aryl methyl sites for hydroxylation is 3. The fraction of sp³-hybridized carbons (Fsp3) is 0.167. The minimum Gasteiger partial charge on any atom is -0.459 e. The second-order valence-electron chi connectivity index (χ2n) is 5.50. The Balaban J connectivity index is 1.79. The number of rotatable bonds is 2. The van der Waals surface area contributed by atoms with Gasteiger partial charge < -0.3 is 9.73 Å². The van der Waals surface area contributed by atoms with Gasteiger partial charge in [0, 0.05) is 16.6 Å². The topological polar surface area (TPSA) is 42.2 Å². The number of nitrogens with one attached hydrogen (secondary N) is 1. The van der Waals surface area contributed by atoms with E-state index in [0.29, 0.717) is 5.76 Å². The summed E-state index contributed by atoms with van der Waals surface area (Å²) in [6.45, 7) is 1.87. The molecule has 0 radical (unpaired) electrons. The molecule has 0 unspecified atom stereocenters. The summed E-state index contributed by atoms with van der Waals surface area (Å²) in [6, 6.07) is 12.2. The fourth-order valence-electron chi connectivity index (χ4n) is 3.14. The lowest BCUT2D eigenvalue weighted by Gasteiger charge is -2.10. The van der Waals surface area contributed by atoms with E-state index >= 15 is 0 Å². The van der Waals surface area contributed by atoms with Crippen molar-refractivity contribution in [3.63, 3.8) is 0 Å². The second kappa shape index (κ2) is 4.48. The number of benzene rings is 2. The van der Waals surface area contributed by atoms with E-state index < -0.39 is 0 Å². The molecule has 1 aromatic heterocycles. The lowest BCUT2D eigenvalue weighted by molar-refractivity contribution is 0.0996. The van der Waals surface area contributed by atoms with Crippen LogP contribution in [0.15, 0.2) is 47.1 Å². The molecule has 0 aliphatic heterocycles. The Bertz CT molecular complexity index is 851. The van der Waals surface area contributed by atoms with Crippen molar-refractivity contribution in [2.75, 3.05) is 5.32 Å². The van der Waals surface area contributed by atoms with Gasteiger partial charge in [-0.3, -0.25) is 4.79 Å². The minimum absolute atomic E-state index is 0.198. The third-order valence-electron chi connectivity index (χ3n) is 4.19. The zero-order valence-corrected chi connectivity index (χ0v) is 11.8. The quantitative estimate of drug-likeness (QED) is 0.766. The first-order valence-corrected chi connectivity index (χ1v) is 7.13. The summed E-state index contributed by atoms with van der Waals surface area (Å²) in [7, 11) is 0. The van der Waals surface area contributed by atoms with Crippen molar-refractivity contribution in [1.82, 2.24) is 0 Å². The maximum Gasteiger partial charge on any atom is 0.291 e. The Kier molecular flexibility index (Phi) is 2.61. The van der Waals surface area contributed by atoms with Crippen LogP contribution in [0.25, 0.3) is 10.8 Å². The normalized spacial score (nSPS) is 12.8. The molecule has 1 N–H and O–H groups in total. The van der Waals surface area contributed by atoms with Gasteiger partial charge in [0.2, 0.25) is 0 Å². The zero-order chi connectivity index (χ0) is 14.4. The van der Waals surface area contributed by atoms with Gasteiger partial charge in [0.15, 0.2) is 5.76 Å². The van der Waals surface area contributed by atoms with Crippen molar-refractivity contribution in [1.29, 1.82) is 0 Å². The number of carbonyl (C=O) groups is 1. The highest BCUT2D eigenvalue weighted by atomic mass is 16.3. The van der Waals surface area contributed by atoms with E-state index in [9.17, 15) is 4.79 Å². The van der Waals surface area contributed by atoms with Crippen LogP contribution in [0.3, 0.4) is 0 Å². The summed E-state index contributed by atoms with van der Waals surface area (Å²) in [5.41, 5.74) is 4.43. The Morgan fingerprint density at radius 3 is 2.67 bits per heavy atom. The van der Waals surface area contributed by atoms with E-state index in [0.717, 1.165) is 29.5 Å². The summed E-state index contributed by atoms with van der Waals surface area (Å²) in [5, 5.41) is 5.39. The predicted octanol–water partition coefficient (Wildman–Crippen LogP) is 4.09.